The highest BCUT2D eigenvalue weighted by atomic mass is 35.5. The predicted molar refractivity (Wildman–Crippen MR) is 129 cm³/mol. The van der Waals surface area contributed by atoms with Crippen molar-refractivity contribution in [3.63, 3.8) is 0 Å². The van der Waals surface area contributed by atoms with Gasteiger partial charge < -0.3 is 4.90 Å². The van der Waals surface area contributed by atoms with Gasteiger partial charge in [0.25, 0.3) is 5.91 Å². The van der Waals surface area contributed by atoms with E-state index in [0.717, 1.165) is 35.2 Å². The van der Waals surface area contributed by atoms with Crippen LogP contribution in [0.15, 0.2) is 47.5 Å². The molecule has 0 spiro atoms. The van der Waals surface area contributed by atoms with Crippen LogP contribution in [0.4, 0.5) is 5.69 Å². The maximum absolute atomic E-state index is 12.8. The number of hydrogen-bond acceptors (Lipinski definition) is 4. The van der Waals surface area contributed by atoms with Crippen LogP contribution in [0.2, 0.25) is 5.02 Å². The van der Waals surface area contributed by atoms with E-state index in [9.17, 15) is 13.2 Å². The topological polar surface area (TPSA) is 66.8 Å². The van der Waals surface area contributed by atoms with Gasteiger partial charge in [-0.05, 0) is 35.6 Å². The van der Waals surface area contributed by atoms with Crippen molar-refractivity contribution in [3.05, 3.63) is 64.2 Å². The second-order valence-corrected chi connectivity index (χ2v) is 11.6. The fourth-order valence-corrected chi connectivity index (χ4v) is 8.42. The number of para-hydroxylation sites is 1. The van der Waals surface area contributed by atoms with Crippen LogP contribution in [0.3, 0.4) is 0 Å². The molecule has 0 saturated carbocycles. The molecule has 0 bridgehead atoms. The number of hydrogen-bond donors (Lipinski definition) is 0. The molecular formula is C23H25ClN2O3S2. The molecule has 0 unspecified atom stereocenters. The summed E-state index contributed by atoms with van der Waals surface area (Å²) in [7, 11) is -3.11. The average molecular weight is 477 g/mol. The van der Waals surface area contributed by atoms with Crippen molar-refractivity contribution in [2.75, 3.05) is 16.4 Å². The number of aliphatic imine (C=N–C) groups is 1. The first-order valence-electron chi connectivity index (χ1n) is 10.4. The van der Waals surface area contributed by atoms with Crippen molar-refractivity contribution in [3.8, 4) is 0 Å². The van der Waals surface area contributed by atoms with E-state index in [1.165, 1.54) is 11.8 Å². The van der Waals surface area contributed by atoms with Gasteiger partial charge in [-0.25, -0.2) is 8.42 Å². The summed E-state index contributed by atoms with van der Waals surface area (Å²) in [6.45, 7) is 4.17. The fraction of sp³-hybridized carbons (Fsp3) is 0.391. The fourth-order valence-electron chi connectivity index (χ4n) is 4.30. The van der Waals surface area contributed by atoms with Crippen molar-refractivity contribution >= 4 is 50.0 Å². The Hall–Kier alpha value is -1.83. The third kappa shape index (κ3) is 4.54. The summed E-state index contributed by atoms with van der Waals surface area (Å²) < 4.78 is 24.8. The van der Waals surface area contributed by atoms with Gasteiger partial charge in [0.2, 0.25) is 0 Å². The molecule has 2 atom stereocenters. The highest BCUT2D eigenvalue weighted by molar-refractivity contribution is 8.16. The second-order valence-electron chi connectivity index (χ2n) is 7.86. The Morgan fingerprint density at radius 3 is 2.35 bits per heavy atom. The minimum Gasteiger partial charge on any atom is -0.315 e. The Kier molecular flexibility index (Phi) is 6.47. The third-order valence-electron chi connectivity index (χ3n) is 5.79. The number of sulfone groups is 1. The zero-order chi connectivity index (χ0) is 22.2. The van der Waals surface area contributed by atoms with Crippen LogP contribution in [-0.4, -0.2) is 42.3 Å². The van der Waals surface area contributed by atoms with Crippen molar-refractivity contribution in [2.24, 2.45) is 4.99 Å². The van der Waals surface area contributed by atoms with Crippen molar-refractivity contribution in [2.45, 2.75) is 44.4 Å². The first-order chi connectivity index (χ1) is 14.8. The summed E-state index contributed by atoms with van der Waals surface area (Å²) in [5.41, 5.74) is 4.01. The minimum atomic E-state index is -3.11. The van der Waals surface area contributed by atoms with E-state index in [1.807, 2.05) is 29.2 Å². The van der Waals surface area contributed by atoms with Crippen LogP contribution in [0, 0.1) is 0 Å². The summed E-state index contributed by atoms with van der Waals surface area (Å²) in [6.07, 6.45) is 1.74. The van der Waals surface area contributed by atoms with E-state index < -0.39 is 9.84 Å². The van der Waals surface area contributed by atoms with E-state index >= 15 is 0 Å². The van der Waals surface area contributed by atoms with Crippen LogP contribution in [-0.2, 0) is 33.9 Å². The lowest BCUT2D eigenvalue weighted by Crippen LogP contribution is -2.39. The molecule has 2 fully saturated rings. The summed E-state index contributed by atoms with van der Waals surface area (Å²) in [5, 5.41) is 1.02. The number of amidine groups is 1. The number of thioether (sulfide) groups is 1. The van der Waals surface area contributed by atoms with E-state index in [2.05, 4.69) is 31.0 Å². The van der Waals surface area contributed by atoms with Crippen molar-refractivity contribution in [1.29, 1.82) is 0 Å². The highest BCUT2D eigenvalue weighted by Crippen LogP contribution is 2.43. The lowest BCUT2D eigenvalue weighted by molar-refractivity contribution is -0.117. The van der Waals surface area contributed by atoms with Gasteiger partial charge in [-0.1, -0.05) is 73.6 Å². The monoisotopic (exact) mass is 476 g/mol. The average Bonchev–Trinajstić information content (AvgIpc) is 3.19. The molecule has 0 aliphatic carbocycles. The minimum absolute atomic E-state index is 0.0869. The van der Waals surface area contributed by atoms with Crippen LogP contribution in [0.5, 0.6) is 0 Å². The summed E-state index contributed by atoms with van der Waals surface area (Å²) in [4.78, 5) is 19.3. The number of rotatable bonds is 5. The summed E-state index contributed by atoms with van der Waals surface area (Å²) >= 11 is 7.63. The second kappa shape index (κ2) is 8.96. The molecule has 2 aliphatic heterocycles. The number of carbonyl (C=O) groups is 1. The van der Waals surface area contributed by atoms with Crippen LogP contribution >= 0.6 is 23.4 Å². The van der Waals surface area contributed by atoms with Gasteiger partial charge in [-0.15, -0.1) is 0 Å². The SMILES string of the molecule is CCc1cccc(CC)c1N1C(=NC(=O)Cc2ccccc2Cl)S[C@H]2CS(=O)(=O)C[C@@H]21. The van der Waals surface area contributed by atoms with Gasteiger partial charge >= 0.3 is 0 Å². The number of halogens is 1. The largest absolute Gasteiger partial charge is 0.315 e. The maximum Gasteiger partial charge on any atom is 0.252 e. The van der Waals surface area contributed by atoms with E-state index in [1.54, 1.807) is 6.07 Å². The molecule has 0 radical (unpaired) electrons. The molecule has 4 rings (SSSR count). The third-order valence-corrected chi connectivity index (χ3v) is 9.37. The summed E-state index contributed by atoms with van der Waals surface area (Å²) in [6, 6.07) is 13.2. The van der Waals surface area contributed by atoms with Crippen molar-refractivity contribution in [1.82, 2.24) is 0 Å². The van der Waals surface area contributed by atoms with Crippen LogP contribution in [0.1, 0.15) is 30.5 Å². The van der Waals surface area contributed by atoms with Crippen LogP contribution < -0.4 is 4.90 Å². The number of carbonyl (C=O) groups excluding carboxylic acids is 1. The van der Waals surface area contributed by atoms with Gasteiger partial charge in [0.05, 0.1) is 24.0 Å². The molecule has 0 aromatic heterocycles. The Morgan fingerprint density at radius 1 is 1.06 bits per heavy atom. The lowest BCUT2D eigenvalue weighted by atomic mass is 10.0. The number of anilines is 1. The normalized spacial score (nSPS) is 23.3. The molecule has 1 amide bonds. The quantitative estimate of drug-likeness (QED) is 0.643. The summed E-state index contributed by atoms with van der Waals surface area (Å²) in [5.74, 6) is -0.0777. The molecule has 31 heavy (non-hydrogen) atoms. The first kappa shape index (κ1) is 22.4. The van der Waals surface area contributed by atoms with Gasteiger partial charge in [-0.3, -0.25) is 4.79 Å². The van der Waals surface area contributed by atoms with Gasteiger partial charge in [-0.2, -0.15) is 4.99 Å². The number of fused-ring (bicyclic) bond motifs is 1. The Morgan fingerprint density at radius 2 is 1.71 bits per heavy atom. The van der Waals surface area contributed by atoms with Crippen molar-refractivity contribution < 1.29 is 13.2 Å². The Balaban J connectivity index is 1.75. The Bertz CT molecular complexity index is 1130. The van der Waals surface area contributed by atoms with E-state index in [4.69, 9.17) is 11.6 Å². The maximum atomic E-state index is 12.8. The standard InChI is InChI=1S/C23H25ClN2O3S2/c1-3-15-9-7-10-16(4-2)22(15)26-19-13-31(28,29)14-20(19)30-23(26)25-21(27)12-17-8-5-6-11-18(17)24/h5-11,19-20H,3-4,12-14H2,1-2H3/t19-,20-/m0/s1. The smallest absolute Gasteiger partial charge is 0.252 e. The van der Waals surface area contributed by atoms with E-state index in [-0.39, 0.29) is 35.1 Å². The molecule has 8 heteroatoms. The predicted octanol–water partition coefficient (Wildman–Crippen LogP) is 4.31. The van der Waals surface area contributed by atoms with Gasteiger partial charge in [0.1, 0.15) is 0 Å². The van der Waals surface area contributed by atoms with Gasteiger partial charge in [0.15, 0.2) is 15.0 Å². The molecule has 2 saturated heterocycles. The molecule has 2 heterocycles. The number of amides is 1. The van der Waals surface area contributed by atoms with Gasteiger partial charge in [0, 0.05) is 16.0 Å². The Labute approximate surface area is 192 Å². The van der Waals surface area contributed by atoms with Crippen LogP contribution in [0.25, 0.3) is 0 Å². The molecule has 2 aromatic carbocycles. The highest BCUT2D eigenvalue weighted by Gasteiger charge is 2.50. The molecule has 2 aromatic rings. The number of benzene rings is 2. The zero-order valence-electron chi connectivity index (χ0n) is 17.5. The molecule has 2 aliphatic rings. The molecule has 5 nitrogen and oxygen atoms in total. The zero-order valence-corrected chi connectivity index (χ0v) is 19.9. The molecular weight excluding hydrogens is 452 g/mol. The number of nitrogens with zero attached hydrogens (tertiary/aromatic N) is 2. The lowest BCUT2D eigenvalue weighted by Gasteiger charge is -2.29. The molecule has 164 valence electrons. The number of aryl methyl sites for hydroxylation is 2. The molecule has 0 N–H and O–H groups in total. The van der Waals surface area contributed by atoms with E-state index in [0.29, 0.717) is 10.2 Å². The first-order valence-corrected chi connectivity index (χ1v) is 13.5.